The van der Waals surface area contributed by atoms with Crippen molar-refractivity contribution in [1.82, 2.24) is 15.1 Å². The van der Waals surface area contributed by atoms with Gasteiger partial charge in [0.25, 0.3) is 5.91 Å². The largest absolute Gasteiger partial charge is 0.491 e. The molecule has 0 spiro atoms. The Balaban J connectivity index is 1.86. The SMILES string of the molecule is Cc1ccc2c(c1)[C@@H](NC(=O)c1cn(C)nc1C(C)(C)C)CO2. The Bertz CT molecular complexity index is 756. The lowest BCUT2D eigenvalue weighted by Gasteiger charge is -2.18. The number of amides is 1. The van der Waals surface area contributed by atoms with Crippen molar-refractivity contribution < 1.29 is 9.53 Å². The number of aromatic nitrogens is 2. The number of nitrogens with zero attached hydrogens (tertiary/aromatic N) is 2. The molecule has 1 aliphatic heterocycles. The maximum absolute atomic E-state index is 12.8. The van der Waals surface area contributed by atoms with Gasteiger partial charge in [0, 0.05) is 24.2 Å². The summed E-state index contributed by atoms with van der Waals surface area (Å²) in [5.41, 5.74) is 3.45. The van der Waals surface area contributed by atoms with Crippen molar-refractivity contribution in [2.75, 3.05) is 6.61 Å². The summed E-state index contributed by atoms with van der Waals surface area (Å²) >= 11 is 0. The van der Waals surface area contributed by atoms with E-state index in [0.29, 0.717) is 12.2 Å². The Kier molecular flexibility index (Phi) is 3.66. The standard InChI is InChI=1S/C18H23N3O2/c1-11-6-7-15-12(8-11)14(10-23-15)19-17(22)13-9-21(5)20-16(13)18(2,3)4/h6-9,14H,10H2,1-5H3,(H,19,22)/t14-/m0/s1. The van der Waals surface area contributed by atoms with Gasteiger partial charge < -0.3 is 10.1 Å². The minimum absolute atomic E-state index is 0.106. The smallest absolute Gasteiger partial charge is 0.255 e. The summed E-state index contributed by atoms with van der Waals surface area (Å²) < 4.78 is 7.36. The molecule has 0 unspecified atom stereocenters. The molecule has 0 radical (unpaired) electrons. The summed E-state index contributed by atoms with van der Waals surface area (Å²) in [5, 5.41) is 7.55. The van der Waals surface area contributed by atoms with Crippen LogP contribution in [-0.4, -0.2) is 22.3 Å². The molecule has 0 saturated carbocycles. The number of nitrogens with one attached hydrogen (secondary N) is 1. The van der Waals surface area contributed by atoms with Crippen LogP contribution in [0.2, 0.25) is 0 Å². The van der Waals surface area contributed by atoms with Crippen LogP contribution in [0.15, 0.2) is 24.4 Å². The minimum atomic E-state index is -0.186. The van der Waals surface area contributed by atoms with Gasteiger partial charge in [0.05, 0.1) is 17.3 Å². The molecule has 0 saturated heterocycles. The lowest BCUT2D eigenvalue weighted by Crippen LogP contribution is -2.31. The molecular weight excluding hydrogens is 290 g/mol. The quantitative estimate of drug-likeness (QED) is 0.927. The molecule has 1 aromatic heterocycles. The van der Waals surface area contributed by atoms with E-state index in [-0.39, 0.29) is 17.4 Å². The number of aryl methyl sites for hydroxylation is 2. The van der Waals surface area contributed by atoms with E-state index in [1.165, 1.54) is 0 Å². The summed E-state index contributed by atoms with van der Waals surface area (Å²) in [6.07, 6.45) is 1.78. The van der Waals surface area contributed by atoms with Crippen LogP contribution < -0.4 is 10.1 Å². The van der Waals surface area contributed by atoms with Gasteiger partial charge >= 0.3 is 0 Å². The number of benzene rings is 1. The third kappa shape index (κ3) is 2.96. The number of fused-ring (bicyclic) bond motifs is 1. The summed E-state index contributed by atoms with van der Waals surface area (Å²) in [4.78, 5) is 12.8. The van der Waals surface area contributed by atoms with E-state index < -0.39 is 0 Å². The molecule has 5 heteroatoms. The first-order valence-corrected chi connectivity index (χ1v) is 7.84. The third-order valence-electron chi connectivity index (χ3n) is 4.04. The number of hydrogen-bond acceptors (Lipinski definition) is 3. The summed E-state index contributed by atoms with van der Waals surface area (Å²) in [7, 11) is 1.84. The van der Waals surface area contributed by atoms with Crippen molar-refractivity contribution >= 4 is 5.91 Å². The normalized spacial score (nSPS) is 16.8. The molecular formula is C18H23N3O2. The van der Waals surface area contributed by atoms with Gasteiger partial charge in [-0.3, -0.25) is 9.48 Å². The fourth-order valence-corrected chi connectivity index (χ4v) is 2.90. The fourth-order valence-electron chi connectivity index (χ4n) is 2.90. The molecule has 23 heavy (non-hydrogen) atoms. The lowest BCUT2D eigenvalue weighted by atomic mass is 9.89. The molecule has 3 rings (SSSR count). The topological polar surface area (TPSA) is 56.2 Å². The molecule has 1 N–H and O–H groups in total. The number of hydrogen-bond donors (Lipinski definition) is 1. The van der Waals surface area contributed by atoms with Gasteiger partial charge in [-0.25, -0.2) is 0 Å². The average molecular weight is 313 g/mol. The lowest BCUT2D eigenvalue weighted by molar-refractivity contribution is 0.0928. The van der Waals surface area contributed by atoms with Crippen molar-refractivity contribution in [3.63, 3.8) is 0 Å². The average Bonchev–Trinajstić information content (AvgIpc) is 3.02. The first-order chi connectivity index (χ1) is 10.8. The zero-order valence-corrected chi connectivity index (χ0v) is 14.3. The molecule has 2 heterocycles. The second-order valence-corrected chi connectivity index (χ2v) is 7.19. The Morgan fingerprint density at radius 2 is 2.13 bits per heavy atom. The Hall–Kier alpha value is -2.30. The fraction of sp³-hybridized carbons (Fsp3) is 0.444. The van der Waals surface area contributed by atoms with Crippen LogP contribution in [0.25, 0.3) is 0 Å². The minimum Gasteiger partial charge on any atom is -0.491 e. The maximum atomic E-state index is 12.8. The second kappa shape index (κ2) is 5.41. The van der Waals surface area contributed by atoms with Crippen LogP contribution in [0.4, 0.5) is 0 Å². The van der Waals surface area contributed by atoms with Crippen molar-refractivity contribution in [3.05, 3.63) is 46.8 Å². The molecule has 1 aromatic carbocycles. The van der Waals surface area contributed by atoms with Gasteiger partial charge in [0.2, 0.25) is 0 Å². The molecule has 2 aromatic rings. The van der Waals surface area contributed by atoms with Crippen LogP contribution in [0.5, 0.6) is 5.75 Å². The van der Waals surface area contributed by atoms with Gasteiger partial charge in [-0.1, -0.05) is 38.5 Å². The highest BCUT2D eigenvalue weighted by molar-refractivity contribution is 5.95. The molecule has 5 nitrogen and oxygen atoms in total. The van der Waals surface area contributed by atoms with Gasteiger partial charge in [0.15, 0.2) is 0 Å². The maximum Gasteiger partial charge on any atom is 0.255 e. The van der Waals surface area contributed by atoms with E-state index in [0.717, 1.165) is 22.6 Å². The van der Waals surface area contributed by atoms with Crippen molar-refractivity contribution in [2.45, 2.75) is 39.2 Å². The predicted octanol–water partition coefficient (Wildman–Crippen LogP) is 2.89. The molecule has 1 aliphatic rings. The zero-order chi connectivity index (χ0) is 16.8. The molecule has 0 bridgehead atoms. The van der Waals surface area contributed by atoms with Crippen molar-refractivity contribution in [2.24, 2.45) is 7.05 Å². The van der Waals surface area contributed by atoms with E-state index in [1.807, 2.05) is 26.1 Å². The summed E-state index contributed by atoms with van der Waals surface area (Å²) in [6.45, 7) is 8.68. The van der Waals surface area contributed by atoms with E-state index in [2.05, 4.69) is 37.3 Å². The highest BCUT2D eigenvalue weighted by atomic mass is 16.5. The summed E-state index contributed by atoms with van der Waals surface area (Å²) in [6, 6.07) is 5.93. The van der Waals surface area contributed by atoms with Crippen LogP contribution in [0.3, 0.4) is 0 Å². The van der Waals surface area contributed by atoms with Crippen LogP contribution in [-0.2, 0) is 12.5 Å². The molecule has 122 valence electrons. The monoisotopic (exact) mass is 313 g/mol. The Morgan fingerprint density at radius 3 is 2.83 bits per heavy atom. The highest BCUT2D eigenvalue weighted by Crippen LogP contribution is 2.33. The molecule has 1 amide bonds. The third-order valence-corrected chi connectivity index (χ3v) is 4.04. The second-order valence-electron chi connectivity index (χ2n) is 7.19. The number of ether oxygens (including phenoxy) is 1. The van der Waals surface area contributed by atoms with Crippen LogP contribution in [0, 0.1) is 6.92 Å². The predicted molar refractivity (Wildman–Crippen MR) is 88.8 cm³/mol. The Morgan fingerprint density at radius 1 is 1.39 bits per heavy atom. The zero-order valence-electron chi connectivity index (χ0n) is 14.3. The summed E-state index contributed by atoms with van der Waals surface area (Å²) in [5.74, 6) is 0.745. The van der Waals surface area contributed by atoms with Crippen molar-refractivity contribution in [1.29, 1.82) is 0 Å². The van der Waals surface area contributed by atoms with Gasteiger partial charge in [0.1, 0.15) is 12.4 Å². The van der Waals surface area contributed by atoms with Crippen LogP contribution in [0.1, 0.15) is 54.0 Å². The molecule has 0 aliphatic carbocycles. The van der Waals surface area contributed by atoms with E-state index in [1.54, 1.807) is 10.9 Å². The van der Waals surface area contributed by atoms with E-state index in [4.69, 9.17) is 4.74 Å². The first kappa shape index (κ1) is 15.6. The highest BCUT2D eigenvalue weighted by Gasteiger charge is 2.30. The van der Waals surface area contributed by atoms with Gasteiger partial charge in [-0.15, -0.1) is 0 Å². The first-order valence-electron chi connectivity index (χ1n) is 7.84. The van der Waals surface area contributed by atoms with E-state index >= 15 is 0 Å². The number of carbonyl (C=O) groups is 1. The van der Waals surface area contributed by atoms with Crippen molar-refractivity contribution in [3.8, 4) is 5.75 Å². The van der Waals surface area contributed by atoms with Gasteiger partial charge in [-0.05, 0) is 13.0 Å². The van der Waals surface area contributed by atoms with Crippen LogP contribution >= 0.6 is 0 Å². The number of rotatable bonds is 2. The molecule has 1 atom stereocenters. The van der Waals surface area contributed by atoms with E-state index in [9.17, 15) is 4.79 Å². The number of carbonyl (C=O) groups excluding carboxylic acids is 1. The Labute approximate surface area is 136 Å². The van der Waals surface area contributed by atoms with Gasteiger partial charge in [-0.2, -0.15) is 5.10 Å². The molecule has 0 fully saturated rings.